The highest BCUT2D eigenvalue weighted by Gasteiger charge is 2.62. The molecule has 1 heterocycles. The maximum absolute atomic E-state index is 6.65. The molecule has 3 heteroatoms. The van der Waals surface area contributed by atoms with Crippen LogP contribution in [0.25, 0.3) is 0 Å². The van der Waals surface area contributed by atoms with Crippen LogP contribution in [0.2, 0.25) is 19.1 Å². The molecule has 4 atom stereocenters. The molecule has 0 aromatic heterocycles. The van der Waals surface area contributed by atoms with E-state index in [2.05, 4.69) is 52.9 Å². The summed E-state index contributed by atoms with van der Waals surface area (Å²) in [5.74, 6) is 2.40. The lowest BCUT2D eigenvalue weighted by molar-refractivity contribution is -0.0362. The average Bonchev–Trinajstić information content (AvgIpc) is 2.81. The Labute approximate surface area is 160 Å². The number of hydrogen-bond donors (Lipinski definition) is 0. The molecule has 1 saturated carbocycles. The molecule has 0 bridgehead atoms. The van der Waals surface area contributed by atoms with Crippen molar-refractivity contribution in [1.82, 2.24) is 0 Å². The van der Waals surface area contributed by atoms with Crippen molar-refractivity contribution in [1.29, 1.82) is 0 Å². The number of ether oxygens (including phenoxy) is 1. The number of fused-ring (bicyclic) bond motifs is 5. The van der Waals surface area contributed by atoms with E-state index in [9.17, 15) is 0 Å². The molecular weight excluding hydrogens is 336 g/mol. The van der Waals surface area contributed by atoms with Gasteiger partial charge in [0, 0.05) is 0 Å². The minimum absolute atomic E-state index is 0.264. The van der Waals surface area contributed by atoms with Crippen LogP contribution in [0.5, 0.6) is 5.75 Å². The van der Waals surface area contributed by atoms with E-state index in [1.54, 1.807) is 5.56 Å². The van der Waals surface area contributed by atoms with E-state index in [-0.39, 0.29) is 5.41 Å². The molecule has 0 unspecified atom stereocenters. The van der Waals surface area contributed by atoms with Crippen molar-refractivity contribution in [3.05, 3.63) is 28.8 Å². The fourth-order valence-corrected chi connectivity index (χ4v) is 10.6. The van der Waals surface area contributed by atoms with Crippen molar-refractivity contribution in [3.8, 4) is 5.75 Å². The zero-order valence-corrected chi connectivity index (χ0v) is 18.7. The molecule has 2 aliphatic carbocycles. The van der Waals surface area contributed by atoms with E-state index >= 15 is 0 Å². The highest BCUT2D eigenvalue weighted by atomic mass is 28.4. The SMILES string of the molecule is COc1c(C(C)C)ccc2c1CC[C@H]1[C@@]3(C)C[Si](C)(C)O[C@H]3CC[C@]21C. The summed E-state index contributed by atoms with van der Waals surface area (Å²) < 4.78 is 12.6. The van der Waals surface area contributed by atoms with Gasteiger partial charge < -0.3 is 9.16 Å². The molecule has 0 spiro atoms. The first-order valence-electron chi connectivity index (χ1n) is 10.5. The second kappa shape index (κ2) is 5.85. The van der Waals surface area contributed by atoms with Crippen molar-refractivity contribution in [3.63, 3.8) is 0 Å². The summed E-state index contributed by atoms with van der Waals surface area (Å²) in [6.07, 6.45) is 5.39. The second-order valence-electron chi connectivity index (χ2n) is 10.5. The third-order valence-electron chi connectivity index (χ3n) is 7.91. The van der Waals surface area contributed by atoms with Crippen molar-refractivity contribution >= 4 is 8.32 Å². The van der Waals surface area contributed by atoms with E-state index in [1.807, 2.05) is 7.11 Å². The van der Waals surface area contributed by atoms with Crippen LogP contribution in [0.15, 0.2) is 12.1 Å². The van der Waals surface area contributed by atoms with E-state index in [0.29, 0.717) is 17.4 Å². The number of methoxy groups -OCH3 is 1. The molecular formula is C23H36O2Si. The Morgan fingerprint density at radius 3 is 2.58 bits per heavy atom. The van der Waals surface area contributed by atoms with Crippen LogP contribution >= 0.6 is 0 Å². The number of rotatable bonds is 2. The lowest BCUT2D eigenvalue weighted by atomic mass is 9.49. The van der Waals surface area contributed by atoms with Crippen LogP contribution in [0.1, 0.15) is 69.6 Å². The molecule has 144 valence electrons. The molecule has 3 aliphatic rings. The van der Waals surface area contributed by atoms with Crippen LogP contribution in [0.3, 0.4) is 0 Å². The Morgan fingerprint density at radius 1 is 1.19 bits per heavy atom. The van der Waals surface area contributed by atoms with Gasteiger partial charge in [-0.15, -0.1) is 0 Å². The quantitative estimate of drug-likeness (QED) is 0.589. The Kier molecular flexibility index (Phi) is 4.17. The van der Waals surface area contributed by atoms with Crippen molar-refractivity contribution < 1.29 is 9.16 Å². The van der Waals surface area contributed by atoms with Crippen LogP contribution in [-0.4, -0.2) is 21.5 Å². The van der Waals surface area contributed by atoms with Crippen LogP contribution < -0.4 is 4.74 Å². The highest BCUT2D eigenvalue weighted by molar-refractivity contribution is 6.72. The van der Waals surface area contributed by atoms with Gasteiger partial charge in [-0.25, -0.2) is 0 Å². The van der Waals surface area contributed by atoms with Gasteiger partial charge in [-0.05, 0) is 84.2 Å². The Hall–Kier alpha value is -0.803. The molecule has 1 aliphatic heterocycles. The van der Waals surface area contributed by atoms with Crippen molar-refractivity contribution in [2.24, 2.45) is 11.3 Å². The van der Waals surface area contributed by atoms with Crippen LogP contribution in [0, 0.1) is 11.3 Å². The summed E-state index contributed by atoms with van der Waals surface area (Å²) in [4.78, 5) is 0. The fraction of sp³-hybridized carbons (Fsp3) is 0.739. The molecule has 2 fully saturated rings. The Morgan fingerprint density at radius 2 is 1.92 bits per heavy atom. The molecule has 1 saturated heterocycles. The van der Waals surface area contributed by atoms with Gasteiger partial charge in [0.25, 0.3) is 0 Å². The first-order chi connectivity index (χ1) is 12.1. The van der Waals surface area contributed by atoms with Gasteiger partial charge in [0.2, 0.25) is 0 Å². The van der Waals surface area contributed by atoms with E-state index < -0.39 is 8.32 Å². The van der Waals surface area contributed by atoms with Gasteiger partial charge >= 0.3 is 0 Å². The maximum Gasteiger partial charge on any atom is 0.187 e. The third kappa shape index (κ3) is 2.46. The van der Waals surface area contributed by atoms with Gasteiger partial charge in [0.1, 0.15) is 5.75 Å². The smallest absolute Gasteiger partial charge is 0.187 e. The van der Waals surface area contributed by atoms with Crippen molar-refractivity contribution in [2.45, 2.75) is 90.0 Å². The molecule has 1 aromatic rings. The highest BCUT2D eigenvalue weighted by Crippen LogP contribution is 2.64. The summed E-state index contributed by atoms with van der Waals surface area (Å²) >= 11 is 0. The summed E-state index contributed by atoms with van der Waals surface area (Å²) in [7, 11) is 0.346. The van der Waals surface area contributed by atoms with Gasteiger partial charge in [0.15, 0.2) is 8.32 Å². The first kappa shape index (κ1) is 18.6. The Balaban J connectivity index is 1.82. The lowest BCUT2D eigenvalue weighted by Crippen LogP contribution is -2.53. The summed E-state index contributed by atoms with van der Waals surface area (Å²) in [6, 6.07) is 6.11. The predicted molar refractivity (Wildman–Crippen MR) is 111 cm³/mol. The number of benzene rings is 1. The van der Waals surface area contributed by atoms with E-state index in [0.717, 1.165) is 12.3 Å². The normalized spacial score (nSPS) is 37.8. The second-order valence-corrected chi connectivity index (χ2v) is 14.6. The molecule has 26 heavy (non-hydrogen) atoms. The average molecular weight is 373 g/mol. The standard InChI is InChI=1S/C23H36O2Si/c1-15(2)16-8-10-18-17(21(16)24-5)9-11-19-22(18,3)13-12-20-23(19,4)14-26(6,7)25-20/h8,10,15,19-20H,9,11-14H2,1-7H3/t19-,20+,22-,23-/m1/s1. The largest absolute Gasteiger partial charge is 0.496 e. The van der Waals surface area contributed by atoms with Gasteiger partial charge in [-0.1, -0.05) is 39.8 Å². The summed E-state index contributed by atoms with van der Waals surface area (Å²) in [5.41, 5.74) is 5.05. The van der Waals surface area contributed by atoms with Crippen LogP contribution in [0.4, 0.5) is 0 Å². The van der Waals surface area contributed by atoms with Crippen molar-refractivity contribution in [2.75, 3.05) is 7.11 Å². The minimum Gasteiger partial charge on any atom is -0.496 e. The molecule has 0 amide bonds. The van der Waals surface area contributed by atoms with Gasteiger partial charge in [0.05, 0.1) is 13.2 Å². The minimum atomic E-state index is -1.51. The summed E-state index contributed by atoms with van der Waals surface area (Å²) in [6.45, 7) is 14.5. The zero-order valence-electron chi connectivity index (χ0n) is 17.7. The predicted octanol–water partition coefficient (Wildman–Crippen LogP) is 6.04. The maximum atomic E-state index is 6.65. The summed E-state index contributed by atoms with van der Waals surface area (Å²) in [5, 5.41) is 0. The molecule has 0 N–H and O–H groups in total. The monoisotopic (exact) mass is 372 g/mol. The van der Waals surface area contributed by atoms with E-state index in [1.165, 1.54) is 42.2 Å². The fourth-order valence-electron chi connectivity index (χ4n) is 7.05. The van der Waals surface area contributed by atoms with E-state index in [4.69, 9.17) is 9.16 Å². The van der Waals surface area contributed by atoms with Gasteiger partial charge in [-0.2, -0.15) is 0 Å². The number of hydrogen-bond acceptors (Lipinski definition) is 2. The Bertz CT molecular complexity index is 725. The first-order valence-corrected chi connectivity index (χ1v) is 13.6. The zero-order chi connectivity index (χ0) is 18.9. The topological polar surface area (TPSA) is 18.5 Å². The lowest BCUT2D eigenvalue weighted by Gasteiger charge is -2.56. The van der Waals surface area contributed by atoms with Crippen LogP contribution in [-0.2, 0) is 16.3 Å². The molecule has 0 radical (unpaired) electrons. The molecule has 2 nitrogen and oxygen atoms in total. The molecule has 4 rings (SSSR count). The van der Waals surface area contributed by atoms with Gasteiger partial charge in [-0.3, -0.25) is 0 Å². The third-order valence-corrected chi connectivity index (χ3v) is 10.4. The molecule has 1 aromatic carbocycles.